The van der Waals surface area contributed by atoms with E-state index in [-0.39, 0.29) is 11.4 Å². The second-order valence-corrected chi connectivity index (χ2v) is 4.34. The van der Waals surface area contributed by atoms with Gasteiger partial charge in [0.15, 0.2) is 5.75 Å². The van der Waals surface area contributed by atoms with E-state index in [9.17, 15) is 4.79 Å². The van der Waals surface area contributed by atoms with Crippen molar-refractivity contribution >= 4 is 11.7 Å². The smallest absolute Gasteiger partial charge is 0.252 e. The number of ether oxygens (including phenoxy) is 1. The maximum absolute atomic E-state index is 11.4. The number of aromatic nitrogens is 1. The van der Waals surface area contributed by atoms with Crippen LogP contribution in [0.15, 0.2) is 30.5 Å². The Labute approximate surface area is 111 Å². The molecule has 2 aromatic rings. The fourth-order valence-electron chi connectivity index (χ4n) is 1.77. The number of rotatable bonds is 3. The Hall–Kier alpha value is -2.56. The minimum absolute atomic E-state index is 0.215. The lowest BCUT2D eigenvalue weighted by molar-refractivity contribution is 0.0998. The third kappa shape index (κ3) is 2.82. The van der Waals surface area contributed by atoms with Crippen molar-refractivity contribution in [1.82, 2.24) is 4.98 Å². The van der Waals surface area contributed by atoms with Crippen molar-refractivity contribution in [1.29, 1.82) is 0 Å². The van der Waals surface area contributed by atoms with Gasteiger partial charge >= 0.3 is 0 Å². The molecule has 0 aliphatic heterocycles. The average molecular weight is 257 g/mol. The molecule has 0 fully saturated rings. The first-order valence-corrected chi connectivity index (χ1v) is 5.78. The number of anilines is 1. The summed E-state index contributed by atoms with van der Waals surface area (Å²) in [4.78, 5) is 15.3. The van der Waals surface area contributed by atoms with E-state index in [1.165, 1.54) is 12.3 Å². The van der Waals surface area contributed by atoms with E-state index in [1.807, 2.05) is 32.0 Å². The van der Waals surface area contributed by atoms with Gasteiger partial charge in [-0.3, -0.25) is 4.79 Å². The number of carbonyl (C=O) groups is 1. The third-order valence-corrected chi connectivity index (χ3v) is 2.70. The van der Waals surface area contributed by atoms with Crippen LogP contribution in [-0.4, -0.2) is 10.9 Å². The van der Waals surface area contributed by atoms with Crippen molar-refractivity contribution in [2.75, 3.05) is 5.73 Å². The number of aryl methyl sites for hydroxylation is 2. The maximum atomic E-state index is 11.4. The molecule has 0 aliphatic rings. The van der Waals surface area contributed by atoms with Crippen molar-refractivity contribution in [2.24, 2.45) is 5.73 Å². The first kappa shape index (κ1) is 12.9. The van der Waals surface area contributed by atoms with Crippen LogP contribution < -0.4 is 16.2 Å². The highest BCUT2D eigenvalue weighted by molar-refractivity contribution is 5.96. The van der Waals surface area contributed by atoms with Crippen LogP contribution in [0.25, 0.3) is 0 Å². The fraction of sp³-hybridized carbons (Fsp3) is 0.143. The van der Waals surface area contributed by atoms with Crippen LogP contribution in [-0.2, 0) is 0 Å². The third-order valence-electron chi connectivity index (χ3n) is 2.70. The van der Waals surface area contributed by atoms with Gasteiger partial charge in [0.2, 0.25) is 0 Å². The molecule has 4 N–H and O–H groups in total. The van der Waals surface area contributed by atoms with Gasteiger partial charge in [0.1, 0.15) is 11.6 Å². The first-order valence-electron chi connectivity index (χ1n) is 5.78. The van der Waals surface area contributed by atoms with Crippen LogP contribution in [0.1, 0.15) is 21.5 Å². The largest absolute Gasteiger partial charge is 0.455 e. The van der Waals surface area contributed by atoms with Gasteiger partial charge in [0.25, 0.3) is 5.91 Å². The summed E-state index contributed by atoms with van der Waals surface area (Å²) in [5.74, 6) is 0.573. The molecule has 0 atom stereocenters. The zero-order valence-electron chi connectivity index (χ0n) is 10.8. The molecule has 1 aromatic heterocycles. The summed E-state index contributed by atoms with van der Waals surface area (Å²) in [5, 5.41) is 0. The van der Waals surface area contributed by atoms with Crippen LogP contribution in [0, 0.1) is 13.8 Å². The monoisotopic (exact) mass is 257 g/mol. The molecule has 98 valence electrons. The summed E-state index contributed by atoms with van der Waals surface area (Å²) >= 11 is 0. The minimum Gasteiger partial charge on any atom is -0.455 e. The van der Waals surface area contributed by atoms with Crippen LogP contribution >= 0.6 is 0 Å². The van der Waals surface area contributed by atoms with Crippen molar-refractivity contribution in [3.63, 3.8) is 0 Å². The molecule has 0 saturated carbocycles. The number of primary amides is 1. The van der Waals surface area contributed by atoms with Crippen molar-refractivity contribution in [3.05, 3.63) is 47.2 Å². The van der Waals surface area contributed by atoms with Gasteiger partial charge in [-0.2, -0.15) is 0 Å². The molecule has 1 heterocycles. The molecule has 0 radical (unpaired) electrons. The second-order valence-electron chi connectivity index (χ2n) is 4.34. The summed E-state index contributed by atoms with van der Waals surface area (Å²) in [6.45, 7) is 3.92. The SMILES string of the molecule is Cc1ccc(Oc2cnc(N)cc2C(N)=O)c(C)c1. The first-order chi connectivity index (χ1) is 8.97. The Morgan fingerprint density at radius 1 is 1.21 bits per heavy atom. The van der Waals surface area contributed by atoms with Crippen LogP contribution in [0.2, 0.25) is 0 Å². The molecule has 0 bridgehead atoms. The van der Waals surface area contributed by atoms with Crippen LogP contribution in [0.3, 0.4) is 0 Å². The topological polar surface area (TPSA) is 91.2 Å². The molecule has 19 heavy (non-hydrogen) atoms. The zero-order chi connectivity index (χ0) is 14.0. The van der Waals surface area contributed by atoms with Crippen LogP contribution in [0.5, 0.6) is 11.5 Å². The lowest BCUT2D eigenvalue weighted by Gasteiger charge is -2.11. The van der Waals surface area contributed by atoms with E-state index >= 15 is 0 Å². The number of carbonyl (C=O) groups excluding carboxylic acids is 1. The van der Waals surface area contributed by atoms with Gasteiger partial charge < -0.3 is 16.2 Å². The van der Waals surface area contributed by atoms with Gasteiger partial charge in [-0.05, 0) is 31.5 Å². The van der Waals surface area contributed by atoms with E-state index in [0.717, 1.165) is 11.1 Å². The van der Waals surface area contributed by atoms with E-state index in [0.29, 0.717) is 11.5 Å². The summed E-state index contributed by atoms with van der Waals surface area (Å²) in [6.07, 6.45) is 1.40. The molecule has 5 heteroatoms. The standard InChI is InChI=1S/C14H15N3O2/c1-8-3-4-11(9(2)5-8)19-12-7-17-13(15)6-10(12)14(16)18/h3-7H,1-2H3,(H2,15,17)(H2,16,18). The molecule has 2 rings (SSSR count). The molecular weight excluding hydrogens is 242 g/mol. The molecule has 1 aromatic carbocycles. The fourth-order valence-corrected chi connectivity index (χ4v) is 1.77. The van der Waals surface area contributed by atoms with Crippen LogP contribution in [0.4, 0.5) is 5.82 Å². The number of hydrogen-bond donors (Lipinski definition) is 2. The van der Waals surface area contributed by atoms with E-state index < -0.39 is 5.91 Å². The summed E-state index contributed by atoms with van der Waals surface area (Å²) in [6, 6.07) is 7.16. The molecule has 0 saturated heterocycles. The number of nitrogens with zero attached hydrogens (tertiary/aromatic N) is 1. The molecule has 5 nitrogen and oxygen atoms in total. The maximum Gasteiger partial charge on any atom is 0.252 e. The summed E-state index contributed by atoms with van der Waals surface area (Å²) in [5.41, 5.74) is 13.1. The van der Waals surface area contributed by atoms with Gasteiger partial charge in [-0.25, -0.2) is 4.98 Å². The average Bonchev–Trinajstić information content (AvgIpc) is 2.34. The summed E-state index contributed by atoms with van der Waals surface area (Å²) < 4.78 is 5.69. The highest BCUT2D eigenvalue weighted by atomic mass is 16.5. The summed E-state index contributed by atoms with van der Waals surface area (Å²) in [7, 11) is 0. The Balaban J connectivity index is 2.40. The van der Waals surface area contributed by atoms with Gasteiger partial charge in [-0.1, -0.05) is 17.7 Å². The quantitative estimate of drug-likeness (QED) is 0.881. The highest BCUT2D eigenvalue weighted by Gasteiger charge is 2.12. The number of amides is 1. The molecule has 0 spiro atoms. The number of nitrogen functional groups attached to an aromatic ring is 1. The highest BCUT2D eigenvalue weighted by Crippen LogP contribution is 2.28. The lowest BCUT2D eigenvalue weighted by Crippen LogP contribution is -2.13. The molecule has 0 unspecified atom stereocenters. The number of pyridine rings is 1. The molecule has 0 aliphatic carbocycles. The normalized spacial score (nSPS) is 10.2. The van der Waals surface area contributed by atoms with Gasteiger partial charge in [-0.15, -0.1) is 0 Å². The second kappa shape index (κ2) is 4.97. The number of hydrogen-bond acceptors (Lipinski definition) is 4. The van der Waals surface area contributed by atoms with Gasteiger partial charge in [0.05, 0.1) is 11.8 Å². The van der Waals surface area contributed by atoms with Crippen molar-refractivity contribution < 1.29 is 9.53 Å². The van der Waals surface area contributed by atoms with Gasteiger partial charge in [0, 0.05) is 0 Å². The Morgan fingerprint density at radius 2 is 1.95 bits per heavy atom. The number of benzene rings is 1. The number of nitrogens with two attached hydrogens (primary N) is 2. The lowest BCUT2D eigenvalue weighted by atomic mass is 10.1. The van der Waals surface area contributed by atoms with E-state index in [4.69, 9.17) is 16.2 Å². The molecule has 1 amide bonds. The van der Waals surface area contributed by atoms with Crippen molar-refractivity contribution in [3.8, 4) is 11.5 Å². The Bertz CT molecular complexity index is 639. The Kier molecular flexibility index (Phi) is 3.37. The van der Waals surface area contributed by atoms with E-state index in [2.05, 4.69) is 4.98 Å². The Morgan fingerprint density at radius 3 is 2.58 bits per heavy atom. The molecular formula is C14H15N3O2. The predicted octanol–water partition coefficient (Wildman–Crippen LogP) is 2.17. The van der Waals surface area contributed by atoms with Crippen molar-refractivity contribution in [2.45, 2.75) is 13.8 Å². The predicted molar refractivity (Wildman–Crippen MR) is 73.2 cm³/mol. The van der Waals surface area contributed by atoms with E-state index in [1.54, 1.807) is 0 Å². The zero-order valence-corrected chi connectivity index (χ0v) is 10.8. The minimum atomic E-state index is -0.603.